The molecule has 0 saturated carbocycles. The minimum Gasteiger partial charge on any atom is -0.443 e. The Morgan fingerprint density at radius 2 is 1.55 bits per heavy atom. The molecule has 0 spiro atoms. The Morgan fingerprint density at radius 3 is 2.21 bits per heavy atom. The third-order valence-corrected chi connectivity index (χ3v) is 7.15. The van der Waals surface area contributed by atoms with Crippen LogP contribution in [0, 0.1) is 12.8 Å². The third-order valence-electron chi connectivity index (χ3n) is 7.15. The lowest BCUT2D eigenvalue weighted by atomic mass is 9.66. The van der Waals surface area contributed by atoms with Crippen LogP contribution in [0.3, 0.4) is 0 Å². The number of rotatable bonds is 4. The van der Waals surface area contributed by atoms with Crippen LogP contribution in [-0.2, 0) is 31.0 Å². The van der Waals surface area contributed by atoms with Gasteiger partial charge >= 0.3 is 6.09 Å². The van der Waals surface area contributed by atoms with Crippen molar-refractivity contribution in [1.29, 1.82) is 0 Å². The Morgan fingerprint density at radius 1 is 0.921 bits per heavy atom. The molecule has 0 unspecified atom stereocenters. The zero-order chi connectivity index (χ0) is 27.2. The molecule has 7 nitrogen and oxygen atoms in total. The van der Waals surface area contributed by atoms with Crippen molar-refractivity contribution in [2.45, 2.75) is 51.6 Å². The highest BCUT2D eigenvalue weighted by molar-refractivity contribution is 6.27. The monoisotopic (exact) mass is 510 g/mol. The van der Waals surface area contributed by atoms with Crippen molar-refractivity contribution in [2.75, 3.05) is 9.80 Å². The largest absolute Gasteiger partial charge is 0.443 e. The molecule has 3 aromatic rings. The van der Waals surface area contributed by atoms with Gasteiger partial charge in [0, 0.05) is 6.42 Å². The van der Waals surface area contributed by atoms with Gasteiger partial charge in [0.1, 0.15) is 5.60 Å². The highest BCUT2D eigenvalue weighted by Crippen LogP contribution is 2.52. The Balaban J connectivity index is 1.68. The molecule has 1 fully saturated rings. The molecular weight excluding hydrogens is 480 g/mol. The molecule has 7 heteroatoms. The summed E-state index contributed by atoms with van der Waals surface area (Å²) in [4.78, 5) is 57.4. The Bertz CT molecular complexity index is 1420. The molecule has 194 valence electrons. The molecule has 3 aromatic carbocycles. The lowest BCUT2D eigenvalue weighted by Crippen LogP contribution is -2.52. The first-order valence-electron chi connectivity index (χ1n) is 12.7. The number of benzene rings is 3. The predicted octanol–water partition coefficient (Wildman–Crippen LogP) is 5.34. The molecule has 38 heavy (non-hydrogen) atoms. The van der Waals surface area contributed by atoms with Gasteiger partial charge in [0.15, 0.2) is 0 Å². The highest BCUT2D eigenvalue weighted by Gasteiger charge is 2.63. The maximum absolute atomic E-state index is 14.5. The topological polar surface area (TPSA) is 84.0 Å². The number of fused-ring (bicyclic) bond motifs is 1. The number of hydrogen-bond donors (Lipinski definition) is 0. The van der Waals surface area contributed by atoms with Crippen molar-refractivity contribution in [2.24, 2.45) is 5.92 Å². The Kier molecular flexibility index (Phi) is 6.18. The number of para-hydroxylation sites is 2. The molecule has 0 aliphatic carbocycles. The number of ether oxygens (including phenoxy) is 1. The summed E-state index contributed by atoms with van der Waals surface area (Å²) in [6.45, 7) is 7.16. The predicted molar refractivity (Wildman–Crippen MR) is 144 cm³/mol. The zero-order valence-electron chi connectivity index (χ0n) is 21.9. The van der Waals surface area contributed by atoms with E-state index in [0.29, 0.717) is 16.9 Å². The van der Waals surface area contributed by atoms with E-state index in [1.165, 1.54) is 0 Å². The van der Waals surface area contributed by atoms with Crippen LogP contribution in [0.1, 0.15) is 43.9 Å². The second-order valence-electron chi connectivity index (χ2n) is 10.9. The number of carbonyl (C=O) groups is 4. The lowest BCUT2D eigenvalue weighted by molar-refractivity contribution is -0.131. The van der Waals surface area contributed by atoms with Gasteiger partial charge in [-0.1, -0.05) is 66.2 Å². The van der Waals surface area contributed by atoms with Crippen LogP contribution in [-0.4, -0.2) is 29.4 Å². The summed E-state index contributed by atoms with van der Waals surface area (Å²) in [5.74, 6) is -2.40. The zero-order valence-corrected chi connectivity index (χ0v) is 21.9. The summed E-state index contributed by atoms with van der Waals surface area (Å²) in [5, 5.41) is 0. The van der Waals surface area contributed by atoms with Crippen molar-refractivity contribution >= 4 is 35.2 Å². The fourth-order valence-corrected chi connectivity index (χ4v) is 5.48. The molecule has 1 saturated heterocycles. The van der Waals surface area contributed by atoms with Crippen LogP contribution in [0.4, 0.5) is 16.2 Å². The van der Waals surface area contributed by atoms with Gasteiger partial charge in [-0.15, -0.1) is 0 Å². The number of nitrogens with zero attached hydrogens (tertiary/aromatic N) is 2. The van der Waals surface area contributed by atoms with Gasteiger partial charge in [0.2, 0.25) is 17.7 Å². The van der Waals surface area contributed by atoms with Crippen molar-refractivity contribution in [1.82, 2.24) is 0 Å². The maximum atomic E-state index is 14.5. The molecule has 2 heterocycles. The maximum Gasteiger partial charge on any atom is 0.421 e. The molecule has 0 radical (unpaired) electrons. The van der Waals surface area contributed by atoms with Crippen molar-refractivity contribution in [3.05, 3.63) is 95.6 Å². The number of imide groups is 2. The normalized spacial score (nSPS) is 21.2. The molecule has 0 bridgehead atoms. The third kappa shape index (κ3) is 4.18. The van der Waals surface area contributed by atoms with Crippen LogP contribution in [0.15, 0.2) is 78.9 Å². The van der Waals surface area contributed by atoms with E-state index in [9.17, 15) is 19.2 Å². The first-order valence-corrected chi connectivity index (χ1v) is 12.7. The van der Waals surface area contributed by atoms with Gasteiger partial charge < -0.3 is 4.74 Å². The van der Waals surface area contributed by atoms with E-state index < -0.39 is 34.8 Å². The molecule has 2 atom stereocenters. The number of amides is 4. The van der Waals surface area contributed by atoms with Gasteiger partial charge in [0.05, 0.1) is 22.7 Å². The van der Waals surface area contributed by atoms with Crippen LogP contribution in [0.5, 0.6) is 0 Å². The first-order chi connectivity index (χ1) is 18.0. The minimum absolute atomic E-state index is 0.148. The summed E-state index contributed by atoms with van der Waals surface area (Å²) in [7, 11) is 0. The lowest BCUT2D eigenvalue weighted by Gasteiger charge is -2.33. The van der Waals surface area contributed by atoms with E-state index in [2.05, 4.69) is 0 Å². The van der Waals surface area contributed by atoms with Crippen LogP contribution < -0.4 is 9.80 Å². The fourth-order valence-electron chi connectivity index (χ4n) is 5.48. The molecule has 0 N–H and O–H groups in total. The molecule has 2 aliphatic rings. The van der Waals surface area contributed by atoms with Crippen molar-refractivity contribution in [3.8, 4) is 0 Å². The molecule has 5 rings (SSSR count). The van der Waals surface area contributed by atoms with Gasteiger partial charge in [-0.05, 0) is 63.4 Å². The van der Waals surface area contributed by atoms with Gasteiger partial charge in [-0.25, -0.2) is 9.69 Å². The molecule has 2 aliphatic heterocycles. The molecular formula is C31H30N2O5. The van der Waals surface area contributed by atoms with Crippen LogP contribution >= 0.6 is 0 Å². The summed E-state index contributed by atoms with van der Waals surface area (Å²) in [6.07, 6.45) is -0.811. The number of anilines is 2. The van der Waals surface area contributed by atoms with Crippen molar-refractivity contribution < 1.29 is 23.9 Å². The smallest absolute Gasteiger partial charge is 0.421 e. The second-order valence-corrected chi connectivity index (χ2v) is 10.9. The summed E-state index contributed by atoms with van der Waals surface area (Å²) >= 11 is 0. The van der Waals surface area contributed by atoms with E-state index >= 15 is 0 Å². The quantitative estimate of drug-likeness (QED) is 0.443. The Hall–Kier alpha value is -4.26. The number of hydrogen-bond acceptors (Lipinski definition) is 5. The fraction of sp³-hybridized carbons (Fsp3) is 0.290. The number of aryl methyl sites for hydroxylation is 1. The van der Waals surface area contributed by atoms with E-state index in [0.717, 1.165) is 20.9 Å². The second kappa shape index (κ2) is 9.24. The van der Waals surface area contributed by atoms with Gasteiger partial charge in [-0.2, -0.15) is 0 Å². The summed E-state index contributed by atoms with van der Waals surface area (Å²) in [6, 6.07) is 23.4. The van der Waals surface area contributed by atoms with Crippen LogP contribution in [0.25, 0.3) is 0 Å². The van der Waals surface area contributed by atoms with Crippen molar-refractivity contribution in [3.63, 3.8) is 0 Å². The Labute approximate surface area is 222 Å². The highest BCUT2D eigenvalue weighted by atomic mass is 16.6. The first kappa shape index (κ1) is 25.4. The SMILES string of the molecule is Cc1ccc(C[C@@]2([C@@H]3CC(=O)N(c4ccccc4)C3=O)C(=O)N(C(=O)OC(C)(C)C)c3ccccc32)cc1. The van der Waals surface area contributed by atoms with Crippen LogP contribution in [0.2, 0.25) is 0 Å². The number of carbonyl (C=O) groups excluding carboxylic acids is 4. The molecule has 0 aromatic heterocycles. The van der Waals surface area contributed by atoms with Gasteiger partial charge in [0.25, 0.3) is 0 Å². The average Bonchev–Trinajstić information content (AvgIpc) is 3.30. The van der Waals surface area contributed by atoms with E-state index in [-0.39, 0.29) is 18.7 Å². The van der Waals surface area contributed by atoms with E-state index in [1.54, 1.807) is 75.4 Å². The average molecular weight is 511 g/mol. The summed E-state index contributed by atoms with van der Waals surface area (Å²) in [5.41, 5.74) is 0.937. The molecule has 4 amide bonds. The van der Waals surface area contributed by atoms with E-state index in [1.807, 2.05) is 31.2 Å². The minimum atomic E-state index is -1.47. The summed E-state index contributed by atoms with van der Waals surface area (Å²) < 4.78 is 5.61. The van der Waals surface area contributed by atoms with Gasteiger partial charge in [-0.3, -0.25) is 19.3 Å². The standard InChI is InChI=1S/C31H30N2O5/c1-20-14-16-21(17-15-20)19-31(24-18-26(34)32(27(24)35)22-10-6-5-7-11-22)23-12-8-9-13-25(23)33(28(31)36)29(37)38-30(2,3)4/h5-17,24H,18-19H2,1-4H3/t24-,31-/m1/s1. The van der Waals surface area contributed by atoms with E-state index in [4.69, 9.17) is 4.74 Å².